The normalized spacial score (nSPS) is 34.8. The largest absolute Gasteiger partial charge is 0.394 e. The number of ether oxygens (including phenoxy) is 3. The number of hydrogen-bond donors (Lipinski definition) is 2. The van der Waals surface area contributed by atoms with Crippen molar-refractivity contribution in [2.24, 2.45) is 5.11 Å². The minimum absolute atomic E-state index is 0.389. The van der Waals surface area contributed by atoms with Crippen LogP contribution < -0.4 is 0 Å². The predicted octanol–water partition coefficient (Wildman–Crippen LogP) is 0.575. The maximum atomic E-state index is 10.0. The van der Waals surface area contributed by atoms with Gasteiger partial charge in [0, 0.05) is 18.6 Å². The van der Waals surface area contributed by atoms with Gasteiger partial charge in [0.2, 0.25) is 0 Å². The van der Waals surface area contributed by atoms with Crippen molar-refractivity contribution in [3.63, 3.8) is 0 Å². The number of methoxy groups -OCH3 is 1. The summed E-state index contributed by atoms with van der Waals surface area (Å²) in [6, 6.07) is -0.849. The molecule has 1 heterocycles. The Balaban J connectivity index is 2.82. The van der Waals surface area contributed by atoms with E-state index < -0.39 is 30.6 Å². The van der Waals surface area contributed by atoms with Gasteiger partial charge in [-0.25, -0.2) is 0 Å². The third kappa shape index (κ3) is 4.04. The minimum Gasteiger partial charge on any atom is -0.394 e. The van der Waals surface area contributed by atoms with Gasteiger partial charge < -0.3 is 24.4 Å². The van der Waals surface area contributed by atoms with E-state index in [0.717, 1.165) is 12.8 Å². The van der Waals surface area contributed by atoms with E-state index in [4.69, 9.17) is 24.8 Å². The van der Waals surface area contributed by atoms with Gasteiger partial charge in [-0.3, -0.25) is 0 Å². The molecule has 0 amide bonds. The van der Waals surface area contributed by atoms with Crippen LogP contribution in [0, 0.1) is 0 Å². The first-order valence-electron chi connectivity index (χ1n) is 6.32. The second-order valence-electron chi connectivity index (χ2n) is 4.34. The molecule has 1 fully saturated rings. The fourth-order valence-electron chi connectivity index (χ4n) is 1.98. The molecule has 0 aromatic rings. The molecule has 19 heavy (non-hydrogen) atoms. The second-order valence-corrected chi connectivity index (χ2v) is 4.34. The Labute approximate surface area is 111 Å². The van der Waals surface area contributed by atoms with Crippen LogP contribution in [0.1, 0.15) is 19.8 Å². The van der Waals surface area contributed by atoms with Crippen LogP contribution in [-0.4, -0.2) is 61.2 Å². The Hall–Kier alpha value is -0.890. The molecule has 0 aromatic carbocycles. The first kappa shape index (κ1) is 16.2. The number of azide groups is 1. The molecule has 0 aromatic heterocycles. The first-order valence-corrected chi connectivity index (χ1v) is 6.32. The maximum Gasteiger partial charge on any atom is 0.184 e. The monoisotopic (exact) mass is 275 g/mol. The van der Waals surface area contributed by atoms with Gasteiger partial charge in [0.05, 0.1) is 18.8 Å². The van der Waals surface area contributed by atoms with Crippen LogP contribution >= 0.6 is 0 Å². The molecule has 8 nitrogen and oxygen atoms in total. The van der Waals surface area contributed by atoms with Crippen LogP contribution in [0.5, 0.6) is 0 Å². The number of nitrogens with zero attached hydrogens (tertiary/aromatic N) is 3. The van der Waals surface area contributed by atoms with Crippen molar-refractivity contribution in [1.29, 1.82) is 0 Å². The first-order chi connectivity index (χ1) is 9.19. The van der Waals surface area contributed by atoms with E-state index in [2.05, 4.69) is 10.0 Å². The standard InChI is InChI=1S/C11H21N3O5/c1-3-4-5-18-10-8(13-14-12)9(16)7(6-15)19-11(10)17-2/h7-11,15-16H,3-6H2,1-2H3/t7?,8?,9-,10+,11-/m1/s1. The van der Waals surface area contributed by atoms with Crippen LogP contribution in [0.25, 0.3) is 10.4 Å². The molecule has 5 atom stereocenters. The summed E-state index contributed by atoms with van der Waals surface area (Å²) in [6.45, 7) is 2.09. The van der Waals surface area contributed by atoms with Crippen LogP contribution in [0.3, 0.4) is 0 Å². The molecule has 2 N–H and O–H groups in total. The van der Waals surface area contributed by atoms with Gasteiger partial charge in [-0.2, -0.15) is 0 Å². The SMILES string of the molecule is CCCCO[C@H]1C(N=[N+]=[N-])[C@H](O)C(CO)O[C@H]1OC. The zero-order valence-corrected chi connectivity index (χ0v) is 11.2. The quantitative estimate of drug-likeness (QED) is 0.305. The van der Waals surface area contributed by atoms with Gasteiger partial charge in [-0.1, -0.05) is 18.5 Å². The fourth-order valence-corrected chi connectivity index (χ4v) is 1.98. The average molecular weight is 275 g/mol. The van der Waals surface area contributed by atoms with E-state index in [0.29, 0.717) is 6.61 Å². The molecule has 1 aliphatic rings. The van der Waals surface area contributed by atoms with Crippen LogP contribution in [-0.2, 0) is 14.2 Å². The molecule has 2 unspecified atom stereocenters. The molecule has 1 saturated heterocycles. The summed E-state index contributed by atoms with van der Waals surface area (Å²) in [5.74, 6) is 0. The molecule has 110 valence electrons. The molecule has 1 aliphatic heterocycles. The lowest BCUT2D eigenvalue weighted by atomic mass is 9.97. The fraction of sp³-hybridized carbons (Fsp3) is 1.00. The molecule has 0 bridgehead atoms. The Morgan fingerprint density at radius 1 is 1.47 bits per heavy atom. The number of aliphatic hydroxyl groups is 2. The number of rotatable bonds is 7. The second kappa shape index (κ2) is 8.31. The zero-order valence-electron chi connectivity index (χ0n) is 11.2. The minimum atomic E-state index is -1.13. The average Bonchev–Trinajstić information content (AvgIpc) is 2.43. The van der Waals surface area contributed by atoms with E-state index in [1.165, 1.54) is 7.11 Å². The summed E-state index contributed by atoms with van der Waals surface area (Å²) < 4.78 is 16.1. The molecule has 1 rings (SSSR count). The summed E-state index contributed by atoms with van der Waals surface area (Å²) in [5.41, 5.74) is 8.59. The van der Waals surface area contributed by atoms with Crippen molar-refractivity contribution in [2.75, 3.05) is 20.3 Å². The number of unbranched alkanes of at least 4 members (excludes halogenated alkanes) is 1. The van der Waals surface area contributed by atoms with Crippen LogP contribution in [0.2, 0.25) is 0 Å². The molecular formula is C11H21N3O5. The van der Waals surface area contributed by atoms with Crippen molar-refractivity contribution in [1.82, 2.24) is 0 Å². The summed E-state index contributed by atoms with van der Waals surface area (Å²) in [7, 11) is 1.43. The van der Waals surface area contributed by atoms with Gasteiger partial charge in [-0.15, -0.1) is 0 Å². The lowest BCUT2D eigenvalue weighted by Gasteiger charge is -2.41. The van der Waals surface area contributed by atoms with Gasteiger partial charge in [0.15, 0.2) is 6.29 Å². The van der Waals surface area contributed by atoms with Gasteiger partial charge in [0.25, 0.3) is 0 Å². The van der Waals surface area contributed by atoms with Gasteiger partial charge in [-0.05, 0) is 12.0 Å². The van der Waals surface area contributed by atoms with Crippen molar-refractivity contribution in [3.8, 4) is 0 Å². The maximum absolute atomic E-state index is 10.0. The molecule has 8 heteroatoms. The van der Waals surface area contributed by atoms with Crippen LogP contribution in [0.15, 0.2) is 5.11 Å². The molecule has 0 radical (unpaired) electrons. The number of hydrogen-bond acceptors (Lipinski definition) is 6. The predicted molar refractivity (Wildman–Crippen MR) is 66.3 cm³/mol. The summed E-state index contributed by atoms with van der Waals surface area (Å²) in [5, 5.41) is 22.7. The lowest BCUT2D eigenvalue weighted by Crippen LogP contribution is -2.59. The molecule has 0 aliphatic carbocycles. The highest BCUT2D eigenvalue weighted by Gasteiger charge is 2.45. The zero-order chi connectivity index (χ0) is 14.3. The van der Waals surface area contributed by atoms with E-state index >= 15 is 0 Å². The third-order valence-corrected chi connectivity index (χ3v) is 3.05. The summed E-state index contributed by atoms with van der Waals surface area (Å²) in [6.07, 6.45) is -1.65. The van der Waals surface area contributed by atoms with E-state index in [1.54, 1.807) is 0 Å². The van der Waals surface area contributed by atoms with Crippen molar-refractivity contribution >= 4 is 0 Å². The molecule has 0 spiro atoms. The highest BCUT2D eigenvalue weighted by Crippen LogP contribution is 2.26. The van der Waals surface area contributed by atoms with E-state index in [1.807, 2.05) is 6.92 Å². The van der Waals surface area contributed by atoms with Crippen molar-refractivity contribution in [3.05, 3.63) is 10.4 Å². The van der Waals surface area contributed by atoms with Crippen LogP contribution in [0.4, 0.5) is 0 Å². The number of aliphatic hydroxyl groups excluding tert-OH is 2. The van der Waals surface area contributed by atoms with Gasteiger partial charge >= 0.3 is 0 Å². The third-order valence-electron chi connectivity index (χ3n) is 3.05. The molecule has 0 saturated carbocycles. The lowest BCUT2D eigenvalue weighted by molar-refractivity contribution is -0.277. The van der Waals surface area contributed by atoms with E-state index in [9.17, 15) is 5.11 Å². The Kier molecular flexibility index (Phi) is 7.07. The highest BCUT2D eigenvalue weighted by molar-refractivity contribution is 4.95. The van der Waals surface area contributed by atoms with E-state index in [-0.39, 0.29) is 6.61 Å². The summed E-state index contributed by atoms with van der Waals surface area (Å²) >= 11 is 0. The van der Waals surface area contributed by atoms with Crippen molar-refractivity contribution in [2.45, 2.75) is 50.4 Å². The van der Waals surface area contributed by atoms with Gasteiger partial charge in [0.1, 0.15) is 12.2 Å². The Morgan fingerprint density at radius 3 is 2.74 bits per heavy atom. The topological polar surface area (TPSA) is 117 Å². The summed E-state index contributed by atoms with van der Waals surface area (Å²) in [4.78, 5) is 2.72. The van der Waals surface area contributed by atoms with Crippen molar-refractivity contribution < 1.29 is 24.4 Å². The Bertz CT molecular complexity index is 311. The Morgan fingerprint density at radius 2 is 2.21 bits per heavy atom. The smallest absolute Gasteiger partial charge is 0.184 e. The molecular weight excluding hydrogens is 254 g/mol. The highest BCUT2D eigenvalue weighted by atomic mass is 16.7.